The number of hydrogen-bond donors (Lipinski definition) is 0. The van der Waals surface area contributed by atoms with Crippen molar-refractivity contribution in [3.8, 4) is 5.75 Å². The Morgan fingerprint density at radius 3 is 2.88 bits per heavy atom. The third kappa shape index (κ3) is 2.97. The van der Waals surface area contributed by atoms with Gasteiger partial charge >= 0.3 is 0 Å². The minimum atomic E-state index is -0.0245. The molecule has 4 heteroatoms. The lowest BCUT2D eigenvalue weighted by Crippen LogP contribution is -2.40. The molecule has 1 aliphatic heterocycles. The van der Waals surface area contributed by atoms with Gasteiger partial charge in [-0.3, -0.25) is 4.79 Å². The van der Waals surface area contributed by atoms with E-state index in [1.807, 2.05) is 30.3 Å². The molecule has 2 rings (SSSR count). The van der Waals surface area contributed by atoms with Gasteiger partial charge in [-0.1, -0.05) is 18.2 Å². The van der Waals surface area contributed by atoms with Crippen LogP contribution in [0.25, 0.3) is 0 Å². The Morgan fingerprint density at radius 1 is 1.38 bits per heavy atom. The maximum Gasteiger partial charge on any atom is 0.262 e. The first-order valence-corrected chi connectivity index (χ1v) is 5.39. The van der Waals surface area contributed by atoms with E-state index in [1.165, 1.54) is 0 Å². The molecule has 1 heterocycles. The lowest BCUT2D eigenvalue weighted by molar-refractivity contribution is -0.142. The van der Waals surface area contributed by atoms with Crippen LogP contribution in [0.3, 0.4) is 0 Å². The molecule has 16 heavy (non-hydrogen) atoms. The van der Waals surface area contributed by atoms with Crippen LogP contribution in [-0.2, 0) is 9.53 Å². The summed E-state index contributed by atoms with van der Waals surface area (Å²) in [6, 6.07) is 9.33. The first-order chi connectivity index (χ1) is 7.86. The van der Waals surface area contributed by atoms with Crippen molar-refractivity contribution in [1.29, 1.82) is 0 Å². The number of rotatable bonds is 3. The van der Waals surface area contributed by atoms with Crippen LogP contribution >= 0.6 is 0 Å². The summed E-state index contributed by atoms with van der Waals surface area (Å²) < 4.78 is 10.6. The third-order valence-electron chi connectivity index (χ3n) is 2.42. The monoisotopic (exact) mass is 221 g/mol. The van der Waals surface area contributed by atoms with Crippen LogP contribution < -0.4 is 4.74 Å². The number of carbonyl (C=O) groups is 1. The highest BCUT2D eigenvalue weighted by Gasteiger charge is 2.16. The molecular formula is C12H15NO3. The van der Waals surface area contributed by atoms with Crippen molar-refractivity contribution < 1.29 is 14.3 Å². The van der Waals surface area contributed by atoms with E-state index in [4.69, 9.17) is 9.47 Å². The summed E-state index contributed by atoms with van der Waals surface area (Å²) in [6.07, 6.45) is 0.900. The van der Waals surface area contributed by atoms with Gasteiger partial charge in [0.1, 0.15) is 12.5 Å². The van der Waals surface area contributed by atoms with Gasteiger partial charge in [-0.2, -0.15) is 0 Å². The first-order valence-electron chi connectivity index (χ1n) is 5.39. The van der Waals surface area contributed by atoms with E-state index in [0.29, 0.717) is 12.5 Å². The van der Waals surface area contributed by atoms with Crippen molar-refractivity contribution >= 4 is 5.91 Å². The fourth-order valence-electron chi connectivity index (χ4n) is 1.55. The molecule has 0 N–H and O–H groups in total. The number of para-hydroxylation sites is 1. The molecule has 0 atom stereocenters. The highest BCUT2D eigenvalue weighted by atomic mass is 16.5. The normalized spacial score (nSPS) is 15.9. The number of hydrogen-bond acceptors (Lipinski definition) is 3. The van der Waals surface area contributed by atoms with Gasteiger partial charge in [0.25, 0.3) is 5.91 Å². The second-order valence-corrected chi connectivity index (χ2v) is 3.65. The summed E-state index contributed by atoms with van der Waals surface area (Å²) in [5.74, 6) is 0.692. The number of amides is 1. The molecular weight excluding hydrogens is 206 g/mol. The lowest BCUT2D eigenvalue weighted by Gasteiger charge is -2.26. The van der Waals surface area contributed by atoms with Gasteiger partial charge in [0, 0.05) is 6.54 Å². The van der Waals surface area contributed by atoms with E-state index in [2.05, 4.69) is 0 Å². The van der Waals surface area contributed by atoms with E-state index >= 15 is 0 Å². The molecule has 1 aromatic carbocycles. The quantitative estimate of drug-likeness (QED) is 0.771. The molecule has 4 nitrogen and oxygen atoms in total. The van der Waals surface area contributed by atoms with Crippen molar-refractivity contribution in [3.05, 3.63) is 30.3 Å². The summed E-state index contributed by atoms with van der Waals surface area (Å²) >= 11 is 0. The summed E-state index contributed by atoms with van der Waals surface area (Å²) in [4.78, 5) is 13.4. The largest absolute Gasteiger partial charge is 0.484 e. The molecule has 0 aliphatic carbocycles. The first kappa shape index (κ1) is 11.0. The van der Waals surface area contributed by atoms with Gasteiger partial charge in [-0.15, -0.1) is 0 Å². The molecule has 86 valence electrons. The molecule has 0 bridgehead atoms. The zero-order chi connectivity index (χ0) is 11.2. The molecule has 0 unspecified atom stereocenters. The van der Waals surface area contributed by atoms with E-state index in [-0.39, 0.29) is 12.5 Å². The maximum absolute atomic E-state index is 11.7. The Kier molecular flexibility index (Phi) is 3.77. The Hall–Kier alpha value is -1.55. The maximum atomic E-state index is 11.7. The van der Waals surface area contributed by atoms with E-state index in [9.17, 15) is 4.79 Å². The van der Waals surface area contributed by atoms with Crippen molar-refractivity contribution in [2.45, 2.75) is 6.42 Å². The van der Waals surface area contributed by atoms with Crippen LogP contribution in [0, 0.1) is 0 Å². The van der Waals surface area contributed by atoms with Crippen LogP contribution in [0.5, 0.6) is 5.75 Å². The topological polar surface area (TPSA) is 38.8 Å². The zero-order valence-corrected chi connectivity index (χ0v) is 9.09. The summed E-state index contributed by atoms with van der Waals surface area (Å²) in [5, 5.41) is 0. The Balaban J connectivity index is 1.79. The van der Waals surface area contributed by atoms with Crippen molar-refractivity contribution in [3.63, 3.8) is 0 Å². The van der Waals surface area contributed by atoms with Gasteiger partial charge in [-0.05, 0) is 18.6 Å². The summed E-state index contributed by atoms with van der Waals surface area (Å²) in [6.45, 7) is 1.96. The van der Waals surface area contributed by atoms with Crippen LogP contribution in [0.2, 0.25) is 0 Å². The Morgan fingerprint density at radius 2 is 2.19 bits per heavy atom. The Labute approximate surface area is 94.8 Å². The predicted octanol–water partition coefficient (Wildman–Crippen LogP) is 1.27. The van der Waals surface area contributed by atoms with Crippen LogP contribution in [0.4, 0.5) is 0 Å². The second-order valence-electron chi connectivity index (χ2n) is 3.65. The molecule has 0 radical (unpaired) electrons. The zero-order valence-electron chi connectivity index (χ0n) is 9.09. The van der Waals surface area contributed by atoms with E-state index in [1.54, 1.807) is 4.90 Å². The van der Waals surface area contributed by atoms with Crippen molar-refractivity contribution in [2.24, 2.45) is 0 Å². The van der Waals surface area contributed by atoms with E-state index < -0.39 is 0 Å². The van der Waals surface area contributed by atoms with Gasteiger partial charge < -0.3 is 14.4 Å². The van der Waals surface area contributed by atoms with Crippen LogP contribution in [0.1, 0.15) is 6.42 Å². The molecule has 1 aliphatic rings. The van der Waals surface area contributed by atoms with Gasteiger partial charge in [-0.25, -0.2) is 0 Å². The number of ether oxygens (including phenoxy) is 2. The lowest BCUT2D eigenvalue weighted by atomic mass is 10.3. The number of benzene rings is 1. The smallest absolute Gasteiger partial charge is 0.262 e. The fraction of sp³-hybridized carbons (Fsp3) is 0.417. The number of nitrogens with zero attached hydrogens (tertiary/aromatic N) is 1. The average Bonchev–Trinajstić information content (AvgIpc) is 2.38. The third-order valence-corrected chi connectivity index (χ3v) is 2.42. The van der Waals surface area contributed by atoms with Gasteiger partial charge in [0.2, 0.25) is 0 Å². The van der Waals surface area contributed by atoms with Gasteiger partial charge in [0.05, 0.1) is 6.61 Å². The minimum Gasteiger partial charge on any atom is -0.484 e. The molecule has 0 saturated carbocycles. The molecule has 1 fully saturated rings. The number of carbonyl (C=O) groups excluding carboxylic acids is 1. The molecule has 1 amide bonds. The highest BCUT2D eigenvalue weighted by Crippen LogP contribution is 2.09. The molecule has 1 saturated heterocycles. The highest BCUT2D eigenvalue weighted by molar-refractivity contribution is 5.77. The molecule has 1 aromatic rings. The molecule has 0 aromatic heterocycles. The average molecular weight is 221 g/mol. The van der Waals surface area contributed by atoms with E-state index in [0.717, 1.165) is 19.6 Å². The minimum absolute atomic E-state index is 0.0245. The van der Waals surface area contributed by atoms with Crippen molar-refractivity contribution in [2.75, 3.05) is 26.5 Å². The van der Waals surface area contributed by atoms with Crippen molar-refractivity contribution in [1.82, 2.24) is 4.90 Å². The fourth-order valence-corrected chi connectivity index (χ4v) is 1.55. The molecule has 0 spiro atoms. The second kappa shape index (κ2) is 5.51. The summed E-state index contributed by atoms with van der Waals surface area (Å²) in [7, 11) is 0. The van der Waals surface area contributed by atoms with Crippen LogP contribution in [-0.4, -0.2) is 37.3 Å². The summed E-state index contributed by atoms with van der Waals surface area (Å²) in [5.41, 5.74) is 0. The van der Waals surface area contributed by atoms with Gasteiger partial charge in [0.15, 0.2) is 6.61 Å². The standard InChI is InChI=1S/C12H15NO3/c14-12(13-7-4-8-15-10-13)9-16-11-5-2-1-3-6-11/h1-3,5-6H,4,7-10H2. The predicted molar refractivity (Wildman–Crippen MR) is 59.1 cm³/mol. The SMILES string of the molecule is O=C(COc1ccccc1)N1CCCOC1. The Bertz CT molecular complexity index is 333. The van der Waals surface area contributed by atoms with Crippen LogP contribution in [0.15, 0.2) is 30.3 Å².